The van der Waals surface area contributed by atoms with E-state index in [0.29, 0.717) is 0 Å². The van der Waals surface area contributed by atoms with Crippen LogP contribution in [0.25, 0.3) is 0 Å². The molecule has 0 saturated heterocycles. The molecule has 0 aromatic rings. The van der Waals surface area contributed by atoms with Gasteiger partial charge in [-0.1, -0.05) is 73.1 Å². The van der Waals surface area contributed by atoms with Gasteiger partial charge in [0.2, 0.25) is 0 Å². The summed E-state index contributed by atoms with van der Waals surface area (Å²) in [5, 5.41) is 0. The largest absolute Gasteiger partial charge is 0.0654 e. The first-order chi connectivity index (χ1) is 8.15. The maximum atomic E-state index is 2.49. The molecule has 1 saturated carbocycles. The number of hydrogen-bond donors (Lipinski definition) is 0. The van der Waals surface area contributed by atoms with Crippen molar-refractivity contribution in [3.8, 4) is 0 Å². The minimum atomic E-state index is 0.960. The van der Waals surface area contributed by atoms with Crippen LogP contribution in [0.5, 0.6) is 0 Å². The van der Waals surface area contributed by atoms with E-state index in [1.54, 1.807) is 0 Å². The first-order valence-electron chi connectivity index (χ1n) is 8.15. The average molecular weight is 238 g/mol. The molecule has 17 heavy (non-hydrogen) atoms. The van der Waals surface area contributed by atoms with Crippen LogP contribution in [0.3, 0.4) is 0 Å². The van der Waals surface area contributed by atoms with Crippen LogP contribution < -0.4 is 0 Å². The normalized spacial score (nSPS) is 34.4. The summed E-state index contributed by atoms with van der Waals surface area (Å²) in [6.45, 7) is 12.1. The van der Waals surface area contributed by atoms with Crippen molar-refractivity contribution in [2.45, 2.75) is 79.6 Å². The van der Waals surface area contributed by atoms with Crippen molar-refractivity contribution in [1.82, 2.24) is 0 Å². The molecule has 0 heteroatoms. The van der Waals surface area contributed by atoms with Gasteiger partial charge in [0.25, 0.3) is 0 Å². The van der Waals surface area contributed by atoms with Gasteiger partial charge in [-0.05, 0) is 36.0 Å². The van der Waals surface area contributed by atoms with Crippen molar-refractivity contribution in [1.29, 1.82) is 0 Å². The van der Waals surface area contributed by atoms with Gasteiger partial charge in [0.15, 0.2) is 0 Å². The van der Waals surface area contributed by atoms with Gasteiger partial charge in [0, 0.05) is 0 Å². The standard InChI is InChI=1S/C17H34/c1-6-9-10-11-13(4)12-17-15(7-2)14(5)16(17)8-3/h13-17H,6-12H2,1-5H3. The number of hydrogen-bond acceptors (Lipinski definition) is 0. The van der Waals surface area contributed by atoms with Crippen LogP contribution in [0.15, 0.2) is 0 Å². The van der Waals surface area contributed by atoms with Crippen LogP contribution >= 0.6 is 0 Å². The zero-order chi connectivity index (χ0) is 12.8. The highest BCUT2D eigenvalue weighted by atomic mass is 14.5. The van der Waals surface area contributed by atoms with Gasteiger partial charge in [-0.3, -0.25) is 0 Å². The Morgan fingerprint density at radius 1 is 0.882 bits per heavy atom. The lowest BCUT2D eigenvalue weighted by Gasteiger charge is -2.52. The molecular weight excluding hydrogens is 204 g/mol. The first-order valence-corrected chi connectivity index (χ1v) is 8.15. The molecule has 0 bridgehead atoms. The predicted molar refractivity (Wildman–Crippen MR) is 78.1 cm³/mol. The highest BCUT2D eigenvalue weighted by molar-refractivity contribution is 4.93. The van der Waals surface area contributed by atoms with Gasteiger partial charge in [0.05, 0.1) is 0 Å². The van der Waals surface area contributed by atoms with Gasteiger partial charge < -0.3 is 0 Å². The van der Waals surface area contributed by atoms with Crippen LogP contribution in [0.4, 0.5) is 0 Å². The minimum Gasteiger partial charge on any atom is -0.0654 e. The van der Waals surface area contributed by atoms with E-state index in [0.717, 1.165) is 29.6 Å². The molecule has 0 heterocycles. The van der Waals surface area contributed by atoms with Crippen molar-refractivity contribution < 1.29 is 0 Å². The summed E-state index contributed by atoms with van der Waals surface area (Å²) in [6.07, 6.45) is 10.0. The Bertz CT molecular complexity index is 184. The second-order valence-corrected chi connectivity index (χ2v) is 6.50. The quantitative estimate of drug-likeness (QED) is 0.461. The van der Waals surface area contributed by atoms with Gasteiger partial charge in [-0.2, -0.15) is 0 Å². The van der Waals surface area contributed by atoms with E-state index in [4.69, 9.17) is 0 Å². The van der Waals surface area contributed by atoms with E-state index in [1.165, 1.54) is 44.9 Å². The van der Waals surface area contributed by atoms with Crippen LogP contribution in [0, 0.1) is 29.6 Å². The summed E-state index contributed by atoms with van der Waals surface area (Å²) in [6, 6.07) is 0. The van der Waals surface area contributed by atoms with Gasteiger partial charge in [0.1, 0.15) is 0 Å². The summed E-state index contributed by atoms with van der Waals surface area (Å²) >= 11 is 0. The maximum absolute atomic E-state index is 2.49. The van der Waals surface area contributed by atoms with E-state index in [-0.39, 0.29) is 0 Å². The fourth-order valence-corrected chi connectivity index (χ4v) is 4.29. The lowest BCUT2D eigenvalue weighted by molar-refractivity contribution is -0.0302. The van der Waals surface area contributed by atoms with E-state index in [1.807, 2.05) is 0 Å². The summed E-state index contributed by atoms with van der Waals surface area (Å²) in [7, 11) is 0. The van der Waals surface area contributed by atoms with Crippen molar-refractivity contribution in [3.63, 3.8) is 0 Å². The fraction of sp³-hybridized carbons (Fsp3) is 1.00. The monoisotopic (exact) mass is 238 g/mol. The van der Waals surface area contributed by atoms with Crippen LogP contribution in [-0.4, -0.2) is 0 Å². The van der Waals surface area contributed by atoms with Crippen molar-refractivity contribution in [2.24, 2.45) is 29.6 Å². The Balaban J connectivity index is 2.33. The molecule has 0 amide bonds. The highest BCUT2D eigenvalue weighted by Crippen LogP contribution is 2.52. The summed E-state index contributed by atoms with van der Waals surface area (Å²) < 4.78 is 0. The first kappa shape index (κ1) is 15.1. The number of rotatable bonds is 8. The second-order valence-electron chi connectivity index (χ2n) is 6.50. The Labute approximate surface area is 110 Å². The zero-order valence-corrected chi connectivity index (χ0v) is 12.8. The molecule has 0 spiro atoms. The molecular formula is C17H34. The Morgan fingerprint density at radius 2 is 1.47 bits per heavy atom. The highest BCUT2D eigenvalue weighted by Gasteiger charge is 2.45. The molecule has 0 radical (unpaired) electrons. The maximum Gasteiger partial charge on any atom is -0.0350 e. The van der Waals surface area contributed by atoms with E-state index in [2.05, 4.69) is 34.6 Å². The second kappa shape index (κ2) is 7.44. The van der Waals surface area contributed by atoms with Crippen molar-refractivity contribution in [2.75, 3.05) is 0 Å². The van der Waals surface area contributed by atoms with Gasteiger partial charge in [-0.25, -0.2) is 0 Å². The molecule has 0 N–H and O–H groups in total. The van der Waals surface area contributed by atoms with Crippen molar-refractivity contribution >= 4 is 0 Å². The van der Waals surface area contributed by atoms with Gasteiger partial charge in [-0.15, -0.1) is 0 Å². The molecule has 1 fully saturated rings. The van der Waals surface area contributed by atoms with Crippen LogP contribution in [0.1, 0.15) is 79.6 Å². The van der Waals surface area contributed by atoms with E-state index in [9.17, 15) is 0 Å². The molecule has 1 aliphatic rings. The van der Waals surface area contributed by atoms with E-state index >= 15 is 0 Å². The lowest BCUT2D eigenvalue weighted by Crippen LogP contribution is -2.45. The molecule has 1 rings (SSSR count). The molecule has 3 atom stereocenters. The minimum absolute atomic E-state index is 0.960. The Kier molecular flexibility index (Phi) is 6.59. The molecule has 0 aromatic heterocycles. The molecule has 1 aliphatic carbocycles. The summed E-state index contributed by atoms with van der Waals surface area (Å²) in [5.74, 6) is 5.08. The molecule has 0 nitrogen and oxygen atoms in total. The Hall–Kier alpha value is 0. The van der Waals surface area contributed by atoms with E-state index < -0.39 is 0 Å². The molecule has 3 unspecified atom stereocenters. The van der Waals surface area contributed by atoms with Crippen LogP contribution in [-0.2, 0) is 0 Å². The predicted octanol–water partition coefficient (Wildman–Crippen LogP) is 5.91. The Morgan fingerprint density at radius 3 is 1.94 bits per heavy atom. The third-order valence-electron chi connectivity index (χ3n) is 5.37. The SMILES string of the molecule is CCCCCC(C)CC1C(CC)C(C)C1CC. The topological polar surface area (TPSA) is 0 Å². The van der Waals surface area contributed by atoms with Gasteiger partial charge >= 0.3 is 0 Å². The average Bonchev–Trinajstić information content (AvgIpc) is 2.30. The van der Waals surface area contributed by atoms with Crippen LogP contribution in [0.2, 0.25) is 0 Å². The summed E-state index contributed by atoms with van der Waals surface area (Å²) in [5.41, 5.74) is 0. The zero-order valence-electron chi connectivity index (χ0n) is 12.8. The summed E-state index contributed by atoms with van der Waals surface area (Å²) in [4.78, 5) is 0. The third kappa shape index (κ3) is 3.73. The number of unbranched alkanes of at least 4 members (excludes halogenated alkanes) is 2. The molecule has 0 aliphatic heterocycles. The molecule has 102 valence electrons. The fourth-order valence-electron chi connectivity index (χ4n) is 4.29. The lowest BCUT2D eigenvalue weighted by atomic mass is 9.53. The van der Waals surface area contributed by atoms with Crippen molar-refractivity contribution in [3.05, 3.63) is 0 Å². The smallest absolute Gasteiger partial charge is 0.0350 e. The molecule has 0 aromatic carbocycles. The third-order valence-corrected chi connectivity index (χ3v) is 5.37.